The Morgan fingerprint density at radius 2 is 2.06 bits per heavy atom. The second kappa shape index (κ2) is 9.47. The molecule has 3 aromatic rings. The molecule has 180 valence electrons. The largest absolute Gasteiger partial charge is 0.396 e. The van der Waals surface area contributed by atoms with Crippen LogP contribution in [0.2, 0.25) is 0 Å². The van der Waals surface area contributed by atoms with Crippen molar-refractivity contribution in [3.05, 3.63) is 53.6 Å². The number of piperazine rings is 1. The van der Waals surface area contributed by atoms with Crippen LogP contribution >= 0.6 is 0 Å². The number of aromatic nitrogens is 2. The lowest BCUT2D eigenvalue weighted by atomic mass is 10.00. The van der Waals surface area contributed by atoms with E-state index in [9.17, 15) is 23.5 Å². The lowest BCUT2D eigenvalue weighted by molar-refractivity contribution is -0.124. The van der Waals surface area contributed by atoms with E-state index in [2.05, 4.69) is 15.6 Å². The lowest BCUT2D eigenvalue weighted by Gasteiger charge is -2.38. The van der Waals surface area contributed by atoms with Crippen molar-refractivity contribution in [2.45, 2.75) is 38.8 Å². The van der Waals surface area contributed by atoms with E-state index in [1.54, 1.807) is 15.5 Å². The summed E-state index contributed by atoms with van der Waals surface area (Å²) in [7, 11) is 0. The number of carbonyl (C=O) groups is 2. The van der Waals surface area contributed by atoms with Crippen LogP contribution in [0.1, 0.15) is 42.6 Å². The number of aliphatic hydroxyl groups is 1. The smallest absolute Gasteiger partial charge is 0.263 e. The molecule has 1 aliphatic heterocycles. The Hall–Kier alpha value is -3.37. The molecule has 0 saturated carbocycles. The molecule has 0 unspecified atom stereocenters. The first kappa shape index (κ1) is 23.8. The summed E-state index contributed by atoms with van der Waals surface area (Å²) >= 11 is 0. The highest BCUT2D eigenvalue weighted by atomic mass is 19.3. The first-order chi connectivity index (χ1) is 16.2. The van der Waals surface area contributed by atoms with Gasteiger partial charge in [-0.05, 0) is 50.6 Å². The molecular weight excluding hydrogens is 444 g/mol. The highest BCUT2D eigenvalue weighted by molar-refractivity contribution is 6.05. The fourth-order valence-corrected chi connectivity index (χ4v) is 4.07. The summed E-state index contributed by atoms with van der Waals surface area (Å²) < 4.78 is 27.8. The molecule has 2 amide bonds. The third-order valence-electron chi connectivity index (χ3n) is 5.89. The Morgan fingerprint density at radius 3 is 2.79 bits per heavy atom. The van der Waals surface area contributed by atoms with Crippen LogP contribution < -0.4 is 15.5 Å². The molecule has 0 spiro atoms. The monoisotopic (exact) mass is 471 g/mol. The molecule has 1 saturated heterocycles. The fraction of sp³-hybridized carbons (Fsp3) is 0.375. The van der Waals surface area contributed by atoms with E-state index in [-0.39, 0.29) is 29.6 Å². The zero-order chi connectivity index (χ0) is 24.5. The summed E-state index contributed by atoms with van der Waals surface area (Å²) in [5.41, 5.74) is 1.15. The van der Waals surface area contributed by atoms with Gasteiger partial charge in [-0.25, -0.2) is 13.8 Å². The predicted molar refractivity (Wildman–Crippen MR) is 125 cm³/mol. The number of anilines is 2. The number of nitrogens with one attached hydrogen (secondary N) is 2. The normalized spacial score (nSPS) is 15.8. The lowest BCUT2D eigenvalue weighted by Crippen LogP contribution is -2.61. The molecule has 3 N–H and O–H groups in total. The zero-order valence-corrected chi connectivity index (χ0v) is 19.0. The number of aliphatic hydroxyl groups excluding tert-OH is 1. The van der Waals surface area contributed by atoms with Crippen molar-refractivity contribution in [3.8, 4) is 0 Å². The second-order valence-electron chi connectivity index (χ2n) is 8.73. The van der Waals surface area contributed by atoms with E-state index >= 15 is 0 Å². The average molecular weight is 472 g/mol. The molecule has 1 aromatic heterocycles. The van der Waals surface area contributed by atoms with Crippen molar-refractivity contribution >= 4 is 34.5 Å². The molecule has 0 atom stereocenters. The first-order valence-corrected chi connectivity index (χ1v) is 11.1. The summed E-state index contributed by atoms with van der Waals surface area (Å²) in [4.78, 5) is 31.9. The number of hydrogen-bond acceptors (Lipinski definition) is 5. The minimum absolute atomic E-state index is 0.0497. The van der Waals surface area contributed by atoms with Crippen LogP contribution in [0, 0.1) is 0 Å². The number of carbonyl (C=O) groups excluding carboxylic acids is 2. The fourth-order valence-electron chi connectivity index (χ4n) is 4.07. The van der Waals surface area contributed by atoms with Gasteiger partial charge >= 0.3 is 0 Å². The third kappa shape index (κ3) is 4.64. The van der Waals surface area contributed by atoms with E-state index in [0.29, 0.717) is 37.3 Å². The number of aryl methyl sites for hydroxylation is 1. The summed E-state index contributed by atoms with van der Waals surface area (Å²) in [5, 5.41) is 15.2. The van der Waals surface area contributed by atoms with Gasteiger partial charge in [-0.2, -0.15) is 0 Å². The number of fused-ring (bicyclic) bond motifs is 1. The molecule has 1 aliphatic rings. The maximum atomic E-state index is 13.0. The van der Waals surface area contributed by atoms with Crippen molar-refractivity contribution in [3.63, 3.8) is 0 Å². The van der Waals surface area contributed by atoms with Gasteiger partial charge in [0.1, 0.15) is 0 Å². The molecule has 34 heavy (non-hydrogen) atoms. The zero-order valence-electron chi connectivity index (χ0n) is 19.0. The second-order valence-corrected chi connectivity index (χ2v) is 8.73. The summed E-state index contributed by atoms with van der Waals surface area (Å²) in [6.07, 6.45) is -2.25. The van der Waals surface area contributed by atoms with Crippen molar-refractivity contribution in [2.75, 3.05) is 29.9 Å². The van der Waals surface area contributed by atoms with E-state index in [0.717, 1.165) is 11.6 Å². The number of imidazole rings is 1. The number of nitrogens with zero attached hydrogens (tertiary/aromatic N) is 3. The Bertz CT molecular complexity index is 1220. The van der Waals surface area contributed by atoms with E-state index in [1.165, 1.54) is 18.2 Å². The molecule has 0 aliphatic carbocycles. The first-order valence-electron chi connectivity index (χ1n) is 11.1. The summed E-state index contributed by atoms with van der Waals surface area (Å²) in [6, 6.07) is 10.7. The Morgan fingerprint density at radius 1 is 1.26 bits per heavy atom. The molecular formula is C24H27F2N5O3. The number of alkyl halides is 2. The van der Waals surface area contributed by atoms with Gasteiger partial charge in [0, 0.05) is 43.1 Å². The van der Waals surface area contributed by atoms with Crippen LogP contribution in [0.3, 0.4) is 0 Å². The molecule has 2 heterocycles. The van der Waals surface area contributed by atoms with Crippen LogP contribution in [0.4, 0.5) is 20.4 Å². The Labute approximate surface area is 195 Å². The van der Waals surface area contributed by atoms with Gasteiger partial charge in [-0.3, -0.25) is 14.9 Å². The summed E-state index contributed by atoms with van der Waals surface area (Å²) in [6.45, 7) is 5.18. The van der Waals surface area contributed by atoms with Gasteiger partial charge in [-0.15, -0.1) is 0 Å². The average Bonchev–Trinajstić information content (AvgIpc) is 3.15. The maximum absolute atomic E-state index is 13.0. The van der Waals surface area contributed by atoms with Gasteiger partial charge < -0.3 is 19.9 Å². The van der Waals surface area contributed by atoms with Crippen LogP contribution in [0.5, 0.6) is 0 Å². The van der Waals surface area contributed by atoms with Crippen molar-refractivity contribution in [1.29, 1.82) is 0 Å². The standard InChI is InChI=1S/C24H27F2N5O3/c1-24(2)22(34)30(11-9-27-24)17-7-8-19-18(14-17)28-23(31(19)10-4-12-32)29-21(33)16-6-3-5-15(13-16)20(25)26/h3,5-8,13-14,20,27,32H,4,9-12H2,1-2H3,(H,28,29,33). The number of amides is 2. The van der Waals surface area contributed by atoms with Crippen molar-refractivity contribution < 1.29 is 23.5 Å². The number of halogens is 2. The highest BCUT2D eigenvalue weighted by Gasteiger charge is 2.36. The van der Waals surface area contributed by atoms with Crippen molar-refractivity contribution in [2.24, 2.45) is 0 Å². The molecule has 1 fully saturated rings. The molecule has 0 bridgehead atoms. The maximum Gasteiger partial charge on any atom is 0.263 e. The highest BCUT2D eigenvalue weighted by Crippen LogP contribution is 2.28. The van der Waals surface area contributed by atoms with Crippen LogP contribution in [0.15, 0.2) is 42.5 Å². The quantitative estimate of drug-likeness (QED) is 0.491. The SMILES string of the molecule is CC1(C)NCCN(c2ccc3c(c2)nc(NC(=O)c2cccc(C(F)F)c2)n3CCCO)C1=O. The van der Waals surface area contributed by atoms with Crippen LogP contribution in [-0.4, -0.2) is 51.7 Å². The number of rotatable bonds is 7. The van der Waals surface area contributed by atoms with E-state index < -0.39 is 17.9 Å². The Balaban J connectivity index is 1.68. The van der Waals surface area contributed by atoms with Gasteiger partial charge in [-0.1, -0.05) is 12.1 Å². The molecule has 0 radical (unpaired) electrons. The number of benzene rings is 2. The van der Waals surface area contributed by atoms with Gasteiger partial charge in [0.15, 0.2) is 0 Å². The molecule has 8 nitrogen and oxygen atoms in total. The molecule has 4 rings (SSSR count). The van der Waals surface area contributed by atoms with Gasteiger partial charge in [0.05, 0.1) is 16.6 Å². The topological polar surface area (TPSA) is 99.5 Å². The van der Waals surface area contributed by atoms with Crippen LogP contribution in [-0.2, 0) is 11.3 Å². The predicted octanol–water partition coefficient (Wildman–Crippen LogP) is 3.32. The van der Waals surface area contributed by atoms with E-state index in [4.69, 9.17) is 0 Å². The summed E-state index contributed by atoms with van der Waals surface area (Å²) in [5.74, 6) is -0.382. The minimum Gasteiger partial charge on any atom is -0.396 e. The molecule has 2 aromatic carbocycles. The minimum atomic E-state index is -2.68. The third-order valence-corrected chi connectivity index (χ3v) is 5.89. The molecule has 10 heteroatoms. The van der Waals surface area contributed by atoms with E-state index in [1.807, 2.05) is 26.0 Å². The van der Waals surface area contributed by atoms with Crippen LogP contribution in [0.25, 0.3) is 11.0 Å². The van der Waals surface area contributed by atoms with Gasteiger partial charge in [0.2, 0.25) is 11.9 Å². The van der Waals surface area contributed by atoms with Crippen molar-refractivity contribution in [1.82, 2.24) is 14.9 Å². The number of hydrogen-bond donors (Lipinski definition) is 3. The Kier molecular flexibility index (Phi) is 6.63. The van der Waals surface area contributed by atoms with Gasteiger partial charge in [0.25, 0.3) is 12.3 Å².